The van der Waals surface area contributed by atoms with Gasteiger partial charge in [-0.25, -0.2) is 4.79 Å². The summed E-state index contributed by atoms with van der Waals surface area (Å²) in [6, 6.07) is 31.1. The van der Waals surface area contributed by atoms with Gasteiger partial charge in [-0.05, 0) is 71.6 Å². The molecule has 1 saturated heterocycles. The summed E-state index contributed by atoms with van der Waals surface area (Å²) in [6.07, 6.45) is -0.374. The predicted octanol–water partition coefficient (Wildman–Crippen LogP) is 7.35. The Kier molecular flexibility index (Phi) is 11.8. The van der Waals surface area contributed by atoms with Crippen molar-refractivity contribution in [2.24, 2.45) is 0 Å². The number of anilines is 1. The molecule has 0 saturated carbocycles. The molecule has 49 heavy (non-hydrogen) atoms. The molecule has 6 rings (SSSR count). The molecule has 9 nitrogen and oxygen atoms in total. The highest BCUT2D eigenvalue weighted by molar-refractivity contribution is 6.30. The number of ether oxygens (including phenoxy) is 6. The van der Waals surface area contributed by atoms with Crippen LogP contribution < -0.4 is 19.1 Å². The van der Waals surface area contributed by atoms with Crippen molar-refractivity contribution in [3.8, 4) is 17.2 Å². The number of likely N-dealkylation sites (tertiary alicyclic amines) is 1. The van der Waals surface area contributed by atoms with Crippen LogP contribution in [0.2, 0.25) is 5.02 Å². The van der Waals surface area contributed by atoms with Gasteiger partial charge in [0.15, 0.2) is 0 Å². The number of halogens is 1. The van der Waals surface area contributed by atoms with E-state index < -0.39 is 18.3 Å². The van der Waals surface area contributed by atoms with Crippen LogP contribution in [0.15, 0.2) is 97.1 Å². The van der Waals surface area contributed by atoms with Gasteiger partial charge in [0.25, 0.3) is 0 Å². The molecule has 3 unspecified atom stereocenters. The predicted molar refractivity (Wildman–Crippen MR) is 189 cm³/mol. The Morgan fingerprint density at radius 3 is 2.37 bits per heavy atom. The second-order valence-electron chi connectivity index (χ2n) is 12.2. The molecule has 0 bridgehead atoms. The van der Waals surface area contributed by atoms with Crippen molar-refractivity contribution in [3.05, 3.63) is 119 Å². The molecule has 0 N–H and O–H groups in total. The number of fused-ring (bicyclic) bond motifs is 1. The van der Waals surface area contributed by atoms with Gasteiger partial charge < -0.3 is 38.2 Å². The van der Waals surface area contributed by atoms with Crippen LogP contribution in [0.3, 0.4) is 0 Å². The highest BCUT2D eigenvalue weighted by Gasteiger charge is 2.42. The van der Waals surface area contributed by atoms with Gasteiger partial charge in [0, 0.05) is 25.3 Å². The third-order valence-corrected chi connectivity index (χ3v) is 9.14. The fraction of sp³-hybridized carbons (Fsp3) is 0.359. The lowest BCUT2D eigenvalue weighted by molar-refractivity contribution is -0.0625. The summed E-state index contributed by atoms with van der Waals surface area (Å²) in [5.41, 5.74) is 3.99. The van der Waals surface area contributed by atoms with Crippen LogP contribution in [0.25, 0.3) is 0 Å². The molecule has 258 valence electrons. The normalized spacial score (nSPS) is 18.7. The first kappa shape index (κ1) is 34.4. The van der Waals surface area contributed by atoms with Gasteiger partial charge in [-0.3, -0.25) is 0 Å². The zero-order chi connectivity index (χ0) is 34.0. The van der Waals surface area contributed by atoms with Crippen molar-refractivity contribution in [1.29, 1.82) is 0 Å². The van der Waals surface area contributed by atoms with E-state index in [4.69, 9.17) is 40.0 Å². The lowest BCUT2D eigenvalue weighted by Crippen LogP contribution is -2.55. The summed E-state index contributed by atoms with van der Waals surface area (Å²) in [5.74, 6) is 2.05. The molecular formula is C39H43ClN2O7. The van der Waals surface area contributed by atoms with Crippen molar-refractivity contribution in [2.45, 2.75) is 37.8 Å². The molecule has 4 aromatic carbocycles. The molecule has 2 aliphatic heterocycles. The minimum atomic E-state index is -0.453. The Labute approximate surface area is 293 Å². The summed E-state index contributed by atoms with van der Waals surface area (Å²) < 4.78 is 35.9. The van der Waals surface area contributed by atoms with Crippen molar-refractivity contribution >= 4 is 23.4 Å². The van der Waals surface area contributed by atoms with Crippen molar-refractivity contribution in [3.63, 3.8) is 0 Å². The number of methoxy groups -OCH3 is 2. The molecule has 10 heteroatoms. The van der Waals surface area contributed by atoms with Crippen LogP contribution in [-0.4, -0.2) is 76.8 Å². The maximum Gasteiger partial charge on any atom is 0.410 e. The topological polar surface area (TPSA) is 78.9 Å². The minimum absolute atomic E-state index is 0.171. The van der Waals surface area contributed by atoms with E-state index in [-0.39, 0.29) is 12.5 Å². The molecule has 3 atom stereocenters. The van der Waals surface area contributed by atoms with Crippen LogP contribution in [0.4, 0.5) is 10.5 Å². The zero-order valence-electron chi connectivity index (χ0n) is 28.0. The summed E-state index contributed by atoms with van der Waals surface area (Å²) >= 11 is 6.19. The number of hydrogen-bond donors (Lipinski definition) is 0. The monoisotopic (exact) mass is 686 g/mol. The number of amides is 1. The van der Waals surface area contributed by atoms with Crippen molar-refractivity contribution in [1.82, 2.24) is 4.90 Å². The number of rotatable bonds is 13. The van der Waals surface area contributed by atoms with Crippen LogP contribution in [0.5, 0.6) is 17.2 Å². The molecule has 4 aromatic rings. The Hall–Kier alpha value is -4.44. The Morgan fingerprint density at radius 1 is 0.857 bits per heavy atom. The SMILES string of the molecule is COCCCN1CCOc2ccc(COC3CN(C(=O)OCc4ccccc4)CC(Oc4ccc(Cl)cc4)C3c3ccc(OC)cc3)cc21. The average Bonchev–Trinajstić information content (AvgIpc) is 3.14. The van der Waals surface area contributed by atoms with E-state index in [9.17, 15) is 4.79 Å². The maximum atomic E-state index is 13.6. The number of nitrogens with zero attached hydrogens (tertiary/aromatic N) is 2. The number of carbonyl (C=O) groups is 1. The van der Waals surface area contributed by atoms with Crippen molar-refractivity contribution in [2.75, 3.05) is 58.5 Å². The van der Waals surface area contributed by atoms with Gasteiger partial charge in [0.05, 0.1) is 51.1 Å². The van der Waals surface area contributed by atoms with Crippen LogP contribution in [0.1, 0.15) is 29.0 Å². The van der Waals surface area contributed by atoms with Gasteiger partial charge in [0.2, 0.25) is 0 Å². The fourth-order valence-electron chi connectivity index (χ4n) is 6.39. The molecule has 0 aromatic heterocycles. The number of piperidine rings is 1. The summed E-state index contributed by atoms with van der Waals surface area (Å²) in [7, 11) is 3.37. The molecule has 2 heterocycles. The molecule has 0 aliphatic carbocycles. The van der Waals surface area contributed by atoms with E-state index in [1.165, 1.54) is 0 Å². The van der Waals surface area contributed by atoms with E-state index in [1.54, 1.807) is 31.3 Å². The zero-order valence-corrected chi connectivity index (χ0v) is 28.7. The van der Waals surface area contributed by atoms with Gasteiger partial charge in [-0.15, -0.1) is 0 Å². The van der Waals surface area contributed by atoms with E-state index in [0.717, 1.165) is 53.4 Å². The Morgan fingerprint density at radius 2 is 1.61 bits per heavy atom. The Balaban J connectivity index is 1.27. The lowest BCUT2D eigenvalue weighted by Gasteiger charge is -2.43. The molecule has 1 amide bonds. The molecular weight excluding hydrogens is 644 g/mol. The first-order valence-electron chi connectivity index (χ1n) is 16.6. The fourth-order valence-corrected chi connectivity index (χ4v) is 6.51. The highest BCUT2D eigenvalue weighted by Crippen LogP contribution is 2.37. The van der Waals surface area contributed by atoms with Gasteiger partial charge in [-0.1, -0.05) is 60.1 Å². The summed E-state index contributed by atoms with van der Waals surface area (Å²) in [6.45, 7) is 4.16. The van der Waals surface area contributed by atoms with E-state index in [2.05, 4.69) is 11.0 Å². The highest BCUT2D eigenvalue weighted by atomic mass is 35.5. The quantitative estimate of drug-likeness (QED) is 0.135. The number of carbonyl (C=O) groups excluding carboxylic acids is 1. The van der Waals surface area contributed by atoms with E-state index in [1.807, 2.05) is 78.9 Å². The smallest absolute Gasteiger partial charge is 0.410 e. The van der Waals surface area contributed by atoms with Gasteiger partial charge in [-0.2, -0.15) is 0 Å². The number of benzene rings is 4. The first-order valence-corrected chi connectivity index (χ1v) is 17.0. The van der Waals surface area contributed by atoms with Crippen molar-refractivity contribution < 1.29 is 33.2 Å². The molecule has 1 fully saturated rings. The first-order chi connectivity index (χ1) is 24.0. The standard InChI is InChI=1S/C39H43ClN2O7/c1-44-21-6-19-41-20-22-46-35-18-9-29(23-34(35)41)27-47-36-24-42(39(43)48-26-28-7-4-3-5-8-28)25-37(49-33-16-12-31(40)13-17-33)38(36)30-10-14-32(45-2)15-11-30/h3-5,7-18,23,36-38H,6,19-22,24-27H2,1-2H3. The third kappa shape index (κ3) is 8.97. The Bertz CT molecular complexity index is 1640. The van der Waals surface area contributed by atoms with E-state index in [0.29, 0.717) is 43.7 Å². The van der Waals surface area contributed by atoms with E-state index >= 15 is 0 Å². The average molecular weight is 687 g/mol. The number of hydrogen-bond acceptors (Lipinski definition) is 8. The summed E-state index contributed by atoms with van der Waals surface area (Å²) in [4.78, 5) is 17.6. The van der Waals surface area contributed by atoms with Gasteiger partial charge in [0.1, 0.15) is 36.6 Å². The molecule has 0 radical (unpaired) electrons. The second-order valence-corrected chi connectivity index (χ2v) is 12.6. The summed E-state index contributed by atoms with van der Waals surface area (Å²) in [5, 5.41) is 0.614. The maximum absolute atomic E-state index is 13.6. The third-order valence-electron chi connectivity index (χ3n) is 8.89. The lowest BCUT2D eigenvalue weighted by atomic mass is 9.84. The second kappa shape index (κ2) is 16.8. The minimum Gasteiger partial charge on any atom is -0.497 e. The van der Waals surface area contributed by atoms with Crippen LogP contribution in [-0.2, 0) is 27.4 Å². The molecule has 2 aliphatic rings. The van der Waals surface area contributed by atoms with Crippen LogP contribution in [0, 0.1) is 0 Å². The van der Waals surface area contributed by atoms with Gasteiger partial charge >= 0.3 is 6.09 Å². The van der Waals surface area contributed by atoms with Crippen LogP contribution >= 0.6 is 11.6 Å². The molecule has 0 spiro atoms. The largest absolute Gasteiger partial charge is 0.497 e.